The van der Waals surface area contributed by atoms with Crippen molar-refractivity contribution in [3.63, 3.8) is 0 Å². The van der Waals surface area contributed by atoms with Gasteiger partial charge in [-0.25, -0.2) is 4.39 Å². The fraction of sp³-hybridized carbons (Fsp3) is 0.300. The Balaban J connectivity index is 2.98. The number of rotatable bonds is 3. The smallest absolute Gasteiger partial charge is 0.141 e. The van der Waals surface area contributed by atoms with Gasteiger partial charge in [-0.2, -0.15) is 5.26 Å². The van der Waals surface area contributed by atoms with E-state index in [1.165, 1.54) is 12.1 Å². The summed E-state index contributed by atoms with van der Waals surface area (Å²) in [5.41, 5.74) is 0.165. The molecule has 2 atom stereocenters. The Morgan fingerprint density at radius 2 is 2.13 bits per heavy atom. The van der Waals surface area contributed by atoms with Crippen molar-refractivity contribution in [3.8, 4) is 6.07 Å². The summed E-state index contributed by atoms with van der Waals surface area (Å²) in [6.45, 7) is 0. The summed E-state index contributed by atoms with van der Waals surface area (Å²) in [6, 6.07) is 5.41. The van der Waals surface area contributed by atoms with Gasteiger partial charge in [-0.1, -0.05) is 22.0 Å². The number of benzene rings is 1. The topological polar surface area (TPSA) is 64.2 Å². The molecule has 0 aliphatic rings. The molecule has 1 aromatic rings. The first-order valence-electron chi connectivity index (χ1n) is 4.21. The van der Waals surface area contributed by atoms with E-state index in [2.05, 4.69) is 15.9 Å². The molecule has 0 bridgehead atoms. The van der Waals surface area contributed by atoms with Crippen LogP contribution < -0.4 is 0 Å². The summed E-state index contributed by atoms with van der Waals surface area (Å²) >= 11 is 3.00. The molecular weight excluding hydrogens is 265 g/mol. The lowest BCUT2D eigenvalue weighted by atomic mass is 10.0. The highest BCUT2D eigenvalue weighted by atomic mass is 79.9. The standard InChI is InChI=1S/C10H9BrFNO2/c11-4-9(14)10(15)6-1-2-7(5-13)8(12)3-6/h1-3,9-10,14-15H,4H2. The van der Waals surface area contributed by atoms with Gasteiger partial charge >= 0.3 is 0 Å². The van der Waals surface area contributed by atoms with Crippen LogP contribution in [0.2, 0.25) is 0 Å². The van der Waals surface area contributed by atoms with Crippen LogP contribution in [0, 0.1) is 17.1 Å². The number of nitriles is 1. The Morgan fingerprint density at radius 3 is 2.60 bits per heavy atom. The van der Waals surface area contributed by atoms with Gasteiger partial charge in [0.15, 0.2) is 0 Å². The van der Waals surface area contributed by atoms with E-state index in [0.29, 0.717) is 0 Å². The van der Waals surface area contributed by atoms with Crippen LogP contribution >= 0.6 is 15.9 Å². The van der Waals surface area contributed by atoms with E-state index in [1.807, 2.05) is 0 Å². The molecule has 0 saturated carbocycles. The van der Waals surface area contributed by atoms with Gasteiger partial charge in [0.25, 0.3) is 0 Å². The maximum Gasteiger partial charge on any atom is 0.141 e. The number of alkyl halides is 1. The van der Waals surface area contributed by atoms with Crippen LogP contribution in [-0.2, 0) is 0 Å². The van der Waals surface area contributed by atoms with E-state index in [-0.39, 0.29) is 16.5 Å². The minimum Gasteiger partial charge on any atom is -0.389 e. The fourth-order valence-electron chi connectivity index (χ4n) is 1.11. The second-order valence-corrected chi connectivity index (χ2v) is 3.67. The van der Waals surface area contributed by atoms with Crippen molar-refractivity contribution in [1.82, 2.24) is 0 Å². The van der Waals surface area contributed by atoms with E-state index in [0.717, 1.165) is 6.07 Å². The number of nitrogens with zero attached hydrogens (tertiary/aromatic N) is 1. The van der Waals surface area contributed by atoms with Gasteiger partial charge in [-0.05, 0) is 17.7 Å². The summed E-state index contributed by atoms with van der Waals surface area (Å²) in [6.07, 6.45) is -2.16. The first kappa shape index (κ1) is 12.1. The lowest BCUT2D eigenvalue weighted by Crippen LogP contribution is -2.19. The van der Waals surface area contributed by atoms with Crippen molar-refractivity contribution in [2.45, 2.75) is 12.2 Å². The van der Waals surface area contributed by atoms with Crippen LogP contribution in [0.5, 0.6) is 0 Å². The number of halogens is 2. The van der Waals surface area contributed by atoms with E-state index in [1.54, 1.807) is 6.07 Å². The molecule has 0 radical (unpaired) electrons. The van der Waals surface area contributed by atoms with E-state index < -0.39 is 18.0 Å². The van der Waals surface area contributed by atoms with Gasteiger partial charge in [-0.3, -0.25) is 0 Å². The summed E-state index contributed by atoms with van der Waals surface area (Å²) < 4.78 is 13.2. The number of aliphatic hydroxyl groups is 2. The highest BCUT2D eigenvalue weighted by Gasteiger charge is 2.18. The molecular formula is C10H9BrFNO2. The molecule has 0 amide bonds. The third-order valence-corrected chi connectivity index (χ3v) is 2.64. The van der Waals surface area contributed by atoms with Crippen LogP contribution in [0.4, 0.5) is 4.39 Å². The first-order chi connectivity index (χ1) is 7.10. The Kier molecular flexibility index (Phi) is 4.21. The summed E-state index contributed by atoms with van der Waals surface area (Å²) in [5.74, 6) is -0.698. The highest BCUT2D eigenvalue weighted by molar-refractivity contribution is 9.09. The summed E-state index contributed by atoms with van der Waals surface area (Å²) in [4.78, 5) is 0. The van der Waals surface area contributed by atoms with Gasteiger partial charge in [0, 0.05) is 5.33 Å². The zero-order chi connectivity index (χ0) is 11.4. The maximum absolute atomic E-state index is 13.2. The monoisotopic (exact) mass is 273 g/mol. The van der Waals surface area contributed by atoms with Gasteiger partial charge < -0.3 is 10.2 Å². The Hall–Kier alpha value is -0.960. The molecule has 1 aromatic carbocycles. The third kappa shape index (κ3) is 2.75. The molecule has 1 rings (SSSR count). The van der Waals surface area contributed by atoms with Gasteiger partial charge in [0.2, 0.25) is 0 Å². The molecule has 5 heteroatoms. The van der Waals surface area contributed by atoms with E-state index in [4.69, 9.17) is 5.26 Å². The highest BCUT2D eigenvalue weighted by Crippen LogP contribution is 2.20. The fourth-order valence-corrected chi connectivity index (χ4v) is 1.47. The average molecular weight is 274 g/mol. The van der Waals surface area contributed by atoms with E-state index >= 15 is 0 Å². The van der Waals surface area contributed by atoms with Crippen molar-refractivity contribution in [1.29, 1.82) is 5.26 Å². The Bertz CT molecular complexity index is 391. The summed E-state index contributed by atoms with van der Waals surface area (Å²) in [7, 11) is 0. The lowest BCUT2D eigenvalue weighted by Gasteiger charge is -2.15. The minimum atomic E-state index is -1.16. The molecule has 15 heavy (non-hydrogen) atoms. The number of hydrogen-bond acceptors (Lipinski definition) is 3. The van der Waals surface area contributed by atoms with Crippen molar-refractivity contribution in [3.05, 3.63) is 35.1 Å². The molecule has 3 nitrogen and oxygen atoms in total. The first-order valence-corrected chi connectivity index (χ1v) is 5.34. The van der Waals surface area contributed by atoms with Crippen LogP contribution in [0.1, 0.15) is 17.2 Å². The molecule has 0 saturated heterocycles. The van der Waals surface area contributed by atoms with Gasteiger partial charge in [0.1, 0.15) is 18.0 Å². The second-order valence-electron chi connectivity index (χ2n) is 3.02. The summed E-state index contributed by atoms with van der Waals surface area (Å²) in [5, 5.41) is 27.5. The number of aliphatic hydroxyl groups excluding tert-OH is 2. The third-order valence-electron chi connectivity index (χ3n) is 1.98. The van der Waals surface area contributed by atoms with Crippen molar-refractivity contribution >= 4 is 15.9 Å². The minimum absolute atomic E-state index is 0.0840. The predicted octanol–water partition coefficient (Wildman–Crippen LogP) is 1.49. The van der Waals surface area contributed by atoms with E-state index in [9.17, 15) is 14.6 Å². The molecule has 0 aliphatic heterocycles. The van der Waals surface area contributed by atoms with Crippen molar-refractivity contribution in [2.24, 2.45) is 0 Å². The molecule has 2 unspecified atom stereocenters. The average Bonchev–Trinajstić information content (AvgIpc) is 2.26. The van der Waals surface area contributed by atoms with Gasteiger partial charge in [-0.15, -0.1) is 0 Å². The largest absolute Gasteiger partial charge is 0.389 e. The van der Waals surface area contributed by atoms with Crippen LogP contribution in [0.3, 0.4) is 0 Å². The SMILES string of the molecule is N#Cc1ccc(C(O)C(O)CBr)cc1F. The second kappa shape index (κ2) is 5.21. The quantitative estimate of drug-likeness (QED) is 0.821. The number of hydrogen-bond donors (Lipinski definition) is 2. The lowest BCUT2D eigenvalue weighted by molar-refractivity contribution is 0.0341. The molecule has 0 fully saturated rings. The molecule has 80 valence electrons. The van der Waals surface area contributed by atoms with Crippen LogP contribution in [0.15, 0.2) is 18.2 Å². The zero-order valence-corrected chi connectivity index (χ0v) is 9.28. The van der Waals surface area contributed by atoms with Crippen LogP contribution in [0.25, 0.3) is 0 Å². The normalized spacial score (nSPS) is 14.3. The molecule has 2 N–H and O–H groups in total. The molecule has 0 aromatic heterocycles. The van der Waals surface area contributed by atoms with Crippen LogP contribution in [-0.4, -0.2) is 21.6 Å². The molecule has 0 spiro atoms. The van der Waals surface area contributed by atoms with Gasteiger partial charge in [0.05, 0.1) is 11.7 Å². The Morgan fingerprint density at radius 1 is 1.47 bits per heavy atom. The molecule has 0 heterocycles. The predicted molar refractivity (Wildman–Crippen MR) is 55.9 cm³/mol. The molecule has 0 aliphatic carbocycles. The Labute approximate surface area is 94.9 Å². The van der Waals surface area contributed by atoms with Crippen molar-refractivity contribution in [2.75, 3.05) is 5.33 Å². The maximum atomic E-state index is 13.2. The van der Waals surface area contributed by atoms with Crippen molar-refractivity contribution < 1.29 is 14.6 Å². The zero-order valence-electron chi connectivity index (χ0n) is 7.69.